The number of hydrogen-bond acceptors (Lipinski definition) is 4. The number of aromatic hydroxyl groups is 2. The summed E-state index contributed by atoms with van der Waals surface area (Å²) in [5.41, 5.74) is 6.34. The maximum absolute atomic E-state index is 11.7. The Morgan fingerprint density at radius 2 is 0.477 bits per heavy atom. The lowest BCUT2D eigenvalue weighted by Crippen LogP contribution is -2.51. The molecule has 0 aliphatic carbocycles. The Hall–Kier alpha value is -2.78. The minimum atomic E-state index is 0.352. The van der Waals surface area contributed by atoms with E-state index in [2.05, 4.69) is 121 Å². The van der Waals surface area contributed by atoms with Crippen molar-refractivity contribution in [2.24, 2.45) is 9.98 Å². The summed E-state index contributed by atoms with van der Waals surface area (Å²) < 4.78 is 5.18. The number of phenolic OH excluding ortho intramolecular Hbond substituents is 2. The monoisotopic (exact) mass is 1230 g/mol. The van der Waals surface area contributed by atoms with Crippen LogP contribution in [0.1, 0.15) is 334 Å². The van der Waals surface area contributed by atoms with E-state index < -0.39 is 0 Å². The van der Waals surface area contributed by atoms with Gasteiger partial charge in [0, 0.05) is 23.6 Å². The molecule has 0 bridgehead atoms. The van der Waals surface area contributed by atoms with Crippen molar-refractivity contribution < 1.29 is 28.1 Å². The summed E-state index contributed by atoms with van der Waals surface area (Å²) in [6.07, 6.45) is 44.7. The lowest BCUT2D eigenvalue weighted by molar-refractivity contribution is -0.929. The Morgan fingerprint density at radius 3 is 0.659 bits per heavy atom. The molecule has 0 saturated heterocycles. The molecule has 0 heterocycles. The van der Waals surface area contributed by atoms with E-state index in [1.54, 1.807) is 0 Å². The van der Waals surface area contributed by atoms with Gasteiger partial charge in [0.15, 0.2) is 0 Å². The largest absolute Gasteiger partial charge is 0.507 e. The maximum atomic E-state index is 11.7. The molecule has 0 aliphatic rings. The number of quaternary nitrogens is 4. The van der Waals surface area contributed by atoms with Crippen molar-refractivity contribution in [2.75, 3.05) is 118 Å². The van der Waals surface area contributed by atoms with Crippen LogP contribution < -0.4 is 0 Å². The standard InChI is InChI=1S/C80H150N6O2/c1-15-27-49-83(50-28-16-2,51-29-17-3)61-39-43-73(44-40-62-84(52-30-18-4,53-31-19-5)54-32-20-6)75-65-71(13)79(87)77(67-75)69-81-47-48-82-70-78-68-76(66-72(14)80(78)88)74(45-41-63-85(55-33-21-7,56-34-22-8)57-35-23-9)46-42-64-86(58-36-24-10,59-37-25-11)60-38-26-12/h65-70,73-74H,15-64H2,1-14H3/q+2/p+2. The van der Waals surface area contributed by atoms with Crippen LogP contribution in [0.4, 0.5) is 0 Å². The number of unbranched alkanes of at least 4 members (excludes halogenated alkanes) is 12. The molecule has 0 fully saturated rings. The molecule has 0 spiro atoms. The zero-order chi connectivity index (χ0) is 64.8. The Morgan fingerprint density at radius 1 is 0.295 bits per heavy atom. The number of benzene rings is 2. The quantitative estimate of drug-likeness (QED) is 0.0394. The molecule has 2 rings (SSSR count). The molecule has 0 atom stereocenters. The third-order valence-electron chi connectivity index (χ3n) is 21.0. The van der Waals surface area contributed by atoms with Gasteiger partial charge in [0.2, 0.25) is 0 Å². The molecular weight excluding hydrogens is 1080 g/mol. The van der Waals surface area contributed by atoms with Crippen LogP contribution in [0.2, 0.25) is 0 Å². The minimum absolute atomic E-state index is 0.352. The normalized spacial score (nSPS) is 12.9. The van der Waals surface area contributed by atoms with Crippen LogP contribution in [0.5, 0.6) is 11.5 Å². The molecule has 2 aromatic carbocycles. The van der Waals surface area contributed by atoms with Crippen LogP contribution in [-0.4, -0.2) is 158 Å². The summed E-state index contributed by atoms with van der Waals surface area (Å²) in [5.74, 6) is 1.60. The van der Waals surface area contributed by atoms with Crippen LogP contribution in [0.3, 0.4) is 0 Å². The van der Waals surface area contributed by atoms with Gasteiger partial charge in [-0.05, 0) is 188 Å². The fraction of sp³-hybridized carbons (Fsp3) is 0.825. The first-order valence-corrected chi connectivity index (χ1v) is 38.7. The number of nitrogens with zero attached hydrogens (tertiary/aromatic N) is 6. The second-order valence-corrected chi connectivity index (χ2v) is 28.8. The molecule has 8 nitrogen and oxygen atoms in total. The summed E-state index contributed by atoms with van der Waals surface area (Å²) in [6.45, 7) is 54.6. The van der Waals surface area contributed by atoms with Crippen molar-refractivity contribution in [2.45, 2.75) is 314 Å². The lowest BCUT2D eigenvalue weighted by atomic mass is 9.87. The highest BCUT2D eigenvalue weighted by Crippen LogP contribution is 2.36. The summed E-state index contributed by atoms with van der Waals surface area (Å²) in [4.78, 5) is 9.94. The van der Waals surface area contributed by atoms with Crippen molar-refractivity contribution in [3.05, 3.63) is 57.6 Å². The third kappa shape index (κ3) is 31.2. The number of hydrogen-bond donors (Lipinski definition) is 2. The predicted molar refractivity (Wildman–Crippen MR) is 391 cm³/mol. The van der Waals surface area contributed by atoms with Gasteiger partial charge >= 0.3 is 0 Å². The zero-order valence-corrected chi connectivity index (χ0v) is 61.6. The van der Waals surface area contributed by atoms with E-state index in [1.807, 2.05) is 12.4 Å². The highest BCUT2D eigenvalue weighted by atomic mass is 16.3. The van der Waals surface area contributed by atoms with Gasteiger partial charge in [-0.25, -0.2) is 0 Å². The summed E-state index contributed by atoms with van der Waals surface area (Å²) in [7, 11) is 0. The zero-order valence-electron chi connectivity index (χ0n) is 61.6. The maximum Gasteiger partial charge on any atom is 0.127 e. The Bertz CT molecular complexity index is 1770. The molecule has 0 aromatic heterocycles. The minimum Gasteiger partial charge on any atom is -0.507 e. The molecule has 88 heavy (non-hydrogen) atoms. The van der Waals surface area contributed by atoms with E-state index in [9.17, 15) is 10.2 Å². The summed E-state index contributed by atoms with van der Waals surface area (Å²) in [5, 5.41) is 23.4. The van der Waals surface area contributed by atoms with Crippen molar-refractivity contribution in [1.29, 1.82) is 0 Å². The average Bonchev–Trinajstić information content (AvgIpc) is 3.74. The van der Waals surface area contributed by atoms with E-state index in [0.717, 1.165) is 22.3 Å². The van der Waals surface area contributed by atoms with Gasteiger partial charge in [0.05, 0.1) is 118 Å². The van der Waals surface area contributed by atoms with Gasteiger partial charge in [-0.1, -0.05) is 172 Å². The molecule has 0 unspecified atom stereocenters. The molecule has 0 saturated carbocycles. The third-order valence-corrected chi connectivity index (χ3v) is 21.0. The Kier molecular flexibility index (Phi) is 45.2. The lowest BCUT2D eigenvalue weighted by Gasteiger charge is -2.40. The Balaban J connectivity index is 2.57. The van der Waals surface area contributed by atoms with Gasteiger partial charge in [-0.2, -0.15) is 0 Å². The van der Waals surface area contributed by atoms with Crippen LogP contribution in [0.25, 0.3) is 0 Å². The Labute approximate surface area is 549 Å². The van der Waals surface area contributed by atoms with E-state index >= 15 is 0 Å². The highest BCUT2D eigenvalue weighted by molar-refractivity contribution is 5.85. The van der Waals surface area contributed by atoms with Crippen molar-refractivity contribution in [3.8, 4) is 11.5 Å². The molecule has 0 radical (unpaired) electrons. The van der Waals surface area contributed by atoms with E-state index in [-0.39, 0.29) is 0 Å². The molecular formula is C80H152N6O2+4. The van der Waals surface area contributed by atoms with Crippen LogP contribution in [0.15, 0.2) is 34.3 Å². The molecule has 0 amide bonds. The van der Waals surface area contributed by atoms with Crippen molar-refractivity contribution in [3.63, 3.8) is 0 Å². The first-order chi connectivity index (χ1) is 42.7. The van der Waals surface area contributed by atoms with E-state index in [0.29, 0.717) is 36.4 Å². The van der Waals surface area contributed by atoms with Gasteiger partial charge in [-0.3, -0.25) is 9.98 Å². The molecule has 510 valence electrons. The number of aliphatic imine (C=N–C) groups is 2. The number of aryl methyl sites for hydroxylation is 2. The SMILES string of the molecule is CCCC[N+](CCCC)(CCCC)CCCC(CCC[N+](CCCC)(CCCC)CCCC)c1cc(C)c(O)c(C=NCCN=Cc2cc(C(CCC[N+](CCCC)(CCCC)CCCC)CCC[N+](CCCC)(CCCC)CCCC)cc(C)c2O)c1. The predicted octanol–water partition coefficient (Wildman–Crippen LogP) is 21.4. The number of phenols is 2. The first-order valence-electron chi connectivity index (χ1n) is 38.7. The first kappa shape index (κ1) is 81.3. The average molecular weight is 1230 g/mol. The molecule has 0 aliphatic heterocycles. The molecule has 2 N–H and O–H groups in total. The second-order valence-electron chi connectivity index (χ2n) is 28.8. The molecule has 8 heteroatoms. The fourth-order valence-electron chi connectivity index (χ4n) is 15.0. The topological polar surface area (TPSA) is 65.2 Å². The van der Waals surface area contributed by atoms with E-state index in [1.165, 1.54) is 339 Å². The van der Waals surface area contributed by atoms with Crippen molar-refractivity contribution >= 4 is 12.4 Å². The highest BCUT2D eigenvalue weighted by Gasteiger charge is 2.31. The van der Waals surface area contributed by atoms with Crippen molar-refractivity contribution in [1.82, 2.24) is 0 Å². The summed E-state index contributed by atoms with van der Waals surface area (Å²) >= 11 is 0. The van der Waals surface area contributed by atoms with Gasteiger partial charge in [0.1, 0.15) is 11.5 Å². The van der Waals surface area contributed by atoms with Crippen LogP contribution in [-0.2, 0) is 0 Å². The van der Waals surface area contributed by atoms with Gasteiger partial charge in [0.25, 0.3) is 0 Å². The molecule has 2 aromatic rings. The number of rotatable bonds is 59. The summed E-state index contributed by atoms with van der Waals surface area (Å²) in [6, 6.07) is 9.23. The van der Waals surface area contributed by atoms with Gasteiger partial charge < -0.3 is 28.1 Å². The second kappa shape index (κ2) is 48.9. The van der Waals surface area contributed by atoms with E-state index in [4.69, 9.17) is 9.98 Å². The fourth-order valence-corrected chi connectivity index (χ4v) is 15.0. The van der Waals surface area contributed by atoms with Crippen LogP contribution in [0, 0.1) is 13.8 Å². The smallest absolute Gasteiger partial charge is 0.127 e. The van der Waals surface area contributed by atoms with Gasteiger partial charge in [-0.15, -0.1) is 0 Å². The van der Waals surface area contributed by atoms with Crippen LogP contribution >= 0.6 is 0 Å².